The van der Waals surface area contributed by atoms with E-state index >= 15 is 0 Å². The van der Waals surface area contributed by atoms with Crippen molar-refractivity contribution in [1.29, 1.82) is 0 Å². The van der Waals surface area contributed by atoms with E-state index in [-0.39, 0.29) is 29.0 Å². The van der Waals surface area contributed by atoms with Gasteiger partial charge in [0.15, 0.2) is 0 Å². The summed E-state index contributed by atoms with van der Waals surface area (Å²) in [7, 11) is 0. The van der Waals surface area contributed by atoms with E-state index in [9.17, 15) is 18.0 Å². The second kappa shape index (κ2) is 12.0. The lowest BCUT2D eigenvalue weighted by Crippen LogP contribution is -2.30. The van der Waals surface area contributed by atoms with Crippen LogP contribution >= 0.6 is 11.6 Å². The van der Waals surface area contributed by atoms with Gasteiger partial charge in [0.05, 0.1) is 17.6 Å². The van der Waals surface area contributed by atoms with Crippen LogP contribution in [-0.4, -0.2) is 27.5 Å². The molecular weight excluding hydrogens is 529 g/mol. The second-order valence-corrected chi connectivity index (χ2v) is 9.83. The molecule has 0 radical (unpaired) electrons. The Morgan fingerprint density at radius 3 is 2.41 bits per heavy atom. The van der Waals surface area contributed by atoms with Gasteiger partial charge in [-0.15, -0.1) is 10.2 Å². The van der Waals surface area contributed by atoms with Crippen LogP contribution in [-0.2, 0) is 6.18 Å². The predicted octanol–water partition coefficient (Wildman–Crippen LogP) is 7.40. The first-order chi connectivity index (χ1) is 18.5. The van der Waals surface area contributed by atoms with Crippen LogP contribution < -0.4 is 5.73 Å². The first-order valence-corrected chi connectivity index (χ1v) is 12.8. The van der Waals surface area contributed by atoms with Crippen LogP contribution in [0.2, 0.25) is 5.02 Å². The predicted molar refractivity (Wildman–Crippen MR) is 143 cm³/mol. The molecule has 204 valence electrons. The van der Waals surface area contributed by atoms with Crippen molar-refractivity contribution in [1.82, 2.24) is 15.1 Å². The number of rotatable bonds is 4. The zero-order valence-corrected chi connectivity index (χ0v) is 22.2. The van der Waals surface area contributed by atoms with E-state index < -0.39 is 23.7 Å². The average molecular weight is 557 g/mol. The van der Waals surface area contributed by atoms with Crippen LogP contribution in [0.1, 0.15) is 64.8 Å². The molecule has 2 heterocycles. The number of aryl methyl sites for hydroxylation is 1. The van der Waals surface area contributed by atoms with Gasteiger partial charge in [0.25, 0.3) is 5.91 Å². The van der Waals surface area contributed by atoms with E-state index in [1.807, 2.05) is 24.3 Å². The van der Waals surface area contributed by atoms with Gasteiger partial charge in [-0.1, -0.05) is 59.6 Å². The number of amides is 1. The van der Waals surface area contributed by atoms with Crippen molar-refractivity contribution < 1.29 is 22.4 Å². The lowest BCUT2D eigenvalue weighted by Gasteiger charge is -2.26. The minimum atomic E-state index is -4.66. The smallest absolute Gasteiger partial charge is 0.416 e. The van der Waals surface area contributed by atoms with E-state index in [2.05, 4.69) is 29.3 Å². The number of nitrogens with two attached hydrogens (primary N) is 1. The van der Waals surface area contributed by atoms with Crippen molar-refractivity contribution in [2.24, 2.45) is 5.73 Å². The van der Waals surface area contributed by atoms with E-state index in [1.165, 1.54) is 11.6 Å². The van der Waals surface area contributed by atoms with Crippen molar-refractivity contribution in [2.45, 2.75) is 44.9 Å². The molecule has 0 bridgehead atoms. The third-order valence-corrected chi connectivity index (χ3v) is 6.51. The van der Waals surface area contributed by atoms with E-state index in [1.54, 1.807) is 30.0 Å². The lowest BCUT2D eigenvalue weighted by atomic mass is 10.0. The largest absolute Gasteiger partial charge is 0.419 e. The summed E-state index contributed by atoms with van der Waals surface area (Å²) in [6.45, 7) is 4.12. The van der Waals surface area contributed by atoms with Crippen LogP contribution in [0, 0.1) is 6.92 Å². The van der Waals surface area contributed by atoms with Gasteiger partial charge in [0.2, 0.25) is 11.8 Å². The molecule has 1 aliphatic rings. The number of hydrogen-bond acceptors (Lipinski definition) is 5. The summed E-state index contributed by atoms with van der Waals surface area (Å²) < 4.78 is 46.2. The highest BCUT2D eigenvalue weighted by Crippen LogP contribution is 2.37. The number of likely N-dealkylation sites (tertiary alicyclic amines) is 1. The lowest BCUT2D eigenvalue weighted by molar-refractivity contribution is -0.137. The number of halogens is 4. The van der Waals surface area contributed by atoms with Gasteiger partial charge in [-0.05, 0) is 62.6 Å². The van der Waals surface area contributed by atoms with Crippen LogP contribution in [0.25, 0.3) is 11.5 Å². The van der Waals surface area contributed by atoms with Gasteiger partial charge in [-0.3, -0.25) is 4.79 Å². The molecule has 0 spiro atoms. The van der Waals surface area contributed by atoms with Crippen LogP contribution in [0.4, 0.5) is 13.2 Å². The van der Waals surface area contributed by atoms with Crippen LogP contribution in [0.5, 0.6) is 0 Å². The zero-order chi connectivity index (χ0) is 28.2. The maximum atomic E-state index is 13.6. The minimum Gasteiger partial charge on any atom is -0.419 e. The molecule has 10 heteroatoms. The molecule has 1 saturated heterocycles. The fraction of sp³-hybridized carbons (Fsp3) is 0.276. The molecule has 1 fully saturated rings. The minimum absolute atomic E-state index is 0.000998. The maximum Gasteiger partial charge on any atom is 0.416 e. The fourth-order valence-electron chi connectivity index (χ4n) is 4.34. The summed E-state index contributed by atoms with van der Waals surface area (Å²) in [5.41, 5.74) is 6.78. The number of aromatic nitrogens is 2. The SMILES string of the molecule is CC(N)c1nnc(-c2cc(C(=O)N3CCCC3c3cccc(Cl)c3)cc(C(F)(F)F)c2)o1.Cc1ccccc1. The molecule has 4 aromatic rings. The second-order valence-electron chi connectivity index (χ2n) is 9.40. The fourth-order valence-corrected chi connectivity index (χ4v) is 4.54. The van der Waals surface area contributed by atoms with Gasteiger partial charge in [-0.25, -0.2) is 0 Å². The third-order valence-electron chi connectivity index (χ3n) is 6.27. The number of benzene rings is 3. The molecule has 3 aromatic carbocycles. The number of carbonyl (C=O) groups excluding carboxylic acids is 1. The molecule has 2 N–H and O–H groups in total. The summed E-state index contributed by atoms with van der Waals surface area (Å²) in [5.74, 6) is -0.553. The Morgan fingerprint density at radius 1 is 1.08 bits per heavy atom. The molecule has 1 aliphatic heterocycles. The standard InChI is InChI=1S/C22H20ClF3N4O2.C7H8/c1-12(27)19-28-29-20(32-19)14-8-15(10-16(9-14)22(24,25)26)21(31)30-7-3-6-18(30)13-4-2-5-17(23)11-13;1-7-5-3-2-4-6-7/h2,4-5,8-12,18H,3,6-7,27H2,1H3;2-6H,1H3. The average Bonchev–Trinajstić information content (AvgIpc) is 3.59. The number of hydrogen-bond donors (Lipinski definition) is 1. The molecule has 5 rings (SSSR count). The van der Waals surface area contributed by atoms with E-state index in [0.29, 0.717) is 18.0 Å². The Hall–Kier alpha value is -3.69. The van der Waals surface area contributed by atoms with Crippen LogP contribution in [0.3, 0.4) is 0 Å². The molecule has 1 aromatic heterocycles. The molecule has 1 amide bonds. The van der Waals surface area contributed by atoms with Crippen molar-refractivity contribution in [3.63, 3.8) is 0 Å². The monoisotopic (exact) mass is 556 g/mol. The van der Waals surface area contributed by atoms with Crippen molar-refractivity contribution in [2.75, 3.05) is 6.54 Å². The van der Waals surface area contributed by atoms with E-state index in [4.69, 9.17) is 21.8 Å². The molecule has 6 nitrogen and oxygen atoms in total. The van der Waals surface area contributed by atoms with Gasteiger partial charge < -0.3 is 15.1 Å². The highest BCUT2D eigenvalue weighted by molar-refractivity contribution is 6.30. The number of alkyl halides is 3. The highest BCUT2D eigenvalue weighted by Gasteiger charge is 2.35. The third kappa shape index (κ3) is 7.04. The first-order valence-electron chi connectivity index (χ1n) is 12.4. The Balaban J connectivity index is 0.000000438. The summed E-state index contributed by atoms with van der Waals surface area (Å²) in [6.07, 6.45) is -3.23. The molecule has 2 atom stereocenters. The Kier molecular flexibility index (Phi) is 8.72. The topological polar surface area (TPSA) is 85.2 Å². The summed E-state index contributed by atoms with van der Waals surface area (Å²) in [6, 6.07) is 19.6. The van der Waals surface area contributed by atoms with Crippen LogP contribution in [0.15, 0.2) is 77.2 Å². The number of carbonyl (C=O) groups is 1. The summed E-state index contributed by atoms with van der Waals surface area (Å²) in [4.78, 5) is 14.9. The molecular formula is C29H28ClF3N4O2. The van der Waals surface area contributed by atoms with Gasteiger partial charge >= 0.3 is 6.18 Å². The quantitative estimate of drug-likeness (QED) is 0.283. The van der Waals surface area contributed by atoms with Crippen molar-refractivity contribution in [3.8, 4) is 11.5 Å². The van der Waals surface area contributed by atoms with Crippen molar-refractivity contribution >= 4 is 17.5 Å². The molecule has 0 saturated carbocycles. The van der Waals surface area contributed by atoms with Crippen molar-refractivity contribution in [3.05, 3.63) is 106 Å². The molecule has 0 aliphatic carbocycles. The van der Waals surface area contributed by atoms with E-state index in [0.717, 1.165) is 24.1 Å². The van der Waals surface area contributed by atoms with Gasteiger partial charge in [0.1, 0.15) is 0 Å². The Labute approximate surface area is 229 Å². The Morgan fingerprint density at radius 2 is 1.82 bits per heavy atom. The normalized spacial score (nSPS) is 16.0. The Bertz CT molecular complexity index is 1420. The highest BCUT2D eigenvalue weighted by atomic mass is 35.5. The summed E-state index contributed by atoms with van der Waals surface area (Å²) >= 11 is 6.09. The molecule has 2 unspecified atom stereocenters. The molecule has 39 heavy (non-hydrogen) atoms. The first kappa shape index (κ1) is 28.3. The van der Waals surface area contributed by atoms with Gasteiger partial charge in [-0.2, -0.15) is 13.2 Å². The maximum absolute atomic E-state index is 13.6. The number of nitrogens with zero attached hydrogens (tertiary/aromatic N) is 3. The zero-order valence-electron chi connectivity index (χ0n) is 21.5. The van der Waals surface area contributed by atoms with Gasteiger partial charge in [0, 0.05) is 22.7 Å². The summed E-state index contributed by atoms with van der Waals surface area (Å²) in [5, 5.41) is 8.09.